The van der Waals surface area contributed by atoms with Crippen molar-refractivity contribution in [1.29, 1.82) is 0 Å². The van der Waals surface area contributed by atoms with Crippen LogP contribution in [-0.2, 0) is 19.6 Å². The first-order valence-corrected chi connectivity index (χ1v) is 10.7. The third-order valence-corrected chi connectivity index (χ3v) is 6.49. The van der Waals surface area contributed by atoms with E-state index in [1.165, 1.54) is 22.5 Å². The van der Waals surface area contributed by atoms with Crippen LogP contribution in [0.1, 0.15) is 50.9 Å². The molecule has 0 radical (unpaired) electrons. The van der Waals surface area contributed by atoms with Gasteiger partial charge < -0.3 is 10.1 Å². The van der Waals surface area contributed by atoms with Gasteiger partial charge >= 0.3 is 5.97 Å². The number of carbonyl (C=O) groups is 2. The second kappa shape index (κ2) is 10.6. The van der Waals surface area contributed by atoms with Gasteiger partial charge in [-0.15, -0.1) is 0 Å². The number of ether oxygens (including phenoxy) is 1. The molecule has 1 atom stereocenters. The van der Waals surface area contributed by atoms with Gasteiger partial charge in [-0.05, 0) is 31.5 Å². The van der Waals surface area contributed by atoms with Crippen LogP contribution in [0.5, 0.6) is 0 Å². The molecule has 1 aromatic rings. The molecule has 0 aromatic heterocycles. The highest BCUT2D eigenvalue weighted by atomic mass is 35.5. The number of benzene rings is 1. The summed E-state index contributed by atoms with van der Waals surface area (Å²) in [7, 11) is -3.83. The Hall–Kier alpha value is -1.64. The number of hydrogen-bond acceptors (Lipinski definition) is 5. The number of esters is 1. The molecule has 152 valence electrons. The maximum absolute atomic E-state index is 12.7. The zero-order chi connectivity index (χ0) is 20.6. The zero-order valence-electron chi connectivity index (χ0n) is 16.1. The number of halogens is 1. The summed E-state index contributed by atoms with van der Waals surface area (Å²) >= 11 is 6.04. The lowest BCUT2D eigenvalue weighted by molar-refractivity contribution is -0.124. The van der Waals surface area contributed by atoms with Gasteiger partial charge in [0, 0.05) is 19.1 Å². The van der Waals surface area contributed by atoms with E-state index in [0.29, 0.717) is 0 Å². The van der Waals surface area contributed by atoms with Gasteiger partial charge in [-0.25, -0.2) is 13.2 Å². The SMILES string of the molecule is CCCC(C)NC(=O)COC(=O)c1ccc(Cl)c(S(=O)(=O)N(CC)CC)c1. The molecule has 1 aromatic carbocycles. The van der Waals surface area contributed by atoms with Gasteiger partial charge in [-0.2, -0.15) is 4.31 Å². The van der Waals surface area contributed by atoms with E-state index in [9.17, 15) is 18.0 Å². The van der Waals surface area contributed by atoms with Crippen LogP contribution < -0.4 is 5.32 Å². The molecule has 1 amide bonds. The molecule has 1 unspecified atom stereocenters. The van der Waals surface area contributed by atoms with Crippen LogP contribution in [0.2, 0.25) is 5.02 Å². The normalized spacial score (nSPS) is 12.7. The van der Waals surface area contributed by atoms with Crippen molar-refractivity contribution in [3.05, 3.63) is 28.8 Å². The van der Waals surface area contributed by atoms with Crippen LogP contribution in [0, 0.1) is 0 Å². The monoisotopic (exact) mass is 418 g/mol. The highest BCUT2D eigenvalue weighted by molar-refractivity contribution is 7.89. The Balaban J connectivity index is 2.90. The molecule has 0 aliphatic heterocycles. The van der Waals surface area contributed by atoms with Crippen molar-refractivity contribution in [3.8, 4) is 0 Å². The zero-order valence-corrected chi connectivity index (χ0v) is 17.7. The molecule has 27 heavy (non-hydrogen) atoms. The fraction of sp³-hybridized carbons (Fsp3) is 0.556. The van der Waals surface area contributed by atoms with E-state index in [0.717, 1.165) is 12.8 Å². The minimum Gasteiger partial charge on any atom is -0.452 e. The quantitative estimate of drug-likeness (QED) is 0.590. The van der Waals surface area contributed by atoms with Crippen molar-refractivity contribution in [2.45, 2.75) is 51.5 Å². The molecule has 0 spiro atoms. The first-order chi connectivity index (χ1) is 12.7. The second-order valence-electron chi connectivity index (χ2n) is 6.07. The number of amides is 1. The minimum absolute atomic E-state index is 0.0115. The van der Waals surface area contributed by atoms with Crippen molar-refractivity contribution in [2.75, 3.05) is 19.7 Å². The van der Waals surface area contributed by atoms with Gasteiger partial charge in [0.05, 0.1) is 10.6 Å². The number of rotatable bonds is 10. The van der Waals surface area contributed by atoms with E-state index in [1.54, 1.807) is 13.8 Å². The van der Waals surface area contributed by atoms with Gasteiger partial charge in [0.2, 0.25) is 10.0 Å². The van der Waals surface area contributed by atoms with Gasteiger partial charge in [-0.1, -0.05) is 38.8 Å². The number of hydrogen-bond donors (Lipinski definition) is 1. The summed E-state index contributed by atoms with van der Waals surface area (Å²) in [6.45, 7) is 7.42. The maximum atomic E-state index is 12.7. The van der Waals surface area contributed by atoms with Crippen LogP contribution in [0.4, 0.5) is 0 Å². The predicted octanol–water partition coefficient (Wildman–Crippen LogP) is 2.83. The molecule has 0 heterocycles. The van der Waals surface area contributed by atoms with Crippen molar-refractivity contribution >= 4 is 33.5 Å². The Morgan fingerprint density at radius 1 is 1.22 bits per heavy atom. The molecule has 0 saturated carbocycles. The summed E-state index contributed by atoms with van der Waals surface area (Å²) < 4.78 is 31.6. The van der Waals surface area contributed by atoms with E-state index in [2.05, 4.69) is 5.32 Å². The molecule has 0 fully saturated rings. The van der Waals surface area contributed by atoms with Gasteiger partial charge in [-0.3, -0.25) is 4.79 Å². The van der Waals surface area contributed by atoms with E-state index in [4.69, 9.17) is 16.3 Å². The average molecular weight is 419 g/mol. The fourth-order valence-electron chi connectivity index (χ4n) is 2.57. The summed E-state index contributed by atoms with van der Waals surface area (Å²) in [6, 6.07) is 3.86. The van der Waals surface area contributed by atoms with E-state index < -0.39 is 28.5 Å². The van der Waals surface area contributed by atoms with Gasteiger partial charge in [0.25, 0.3) is 5.91 Å². The lowest BCUT2D eigenvalue weighted by Crippen LogP contribution is -2.35. The Morgan fingerprint density at radius 2 is 1.85 bits per heavy atom. The van der Waals surface area contributed by atoms with Crippen molar-refractivity contribution < 1.29 is 22.7 Å². The molecule has 0 bridgehead atoms. The highest BCUT2D eigenvalue weighted by Gasteiger charge is 2.26. The first-order valence-electron chi connectivity index (χ1n) is 8.93. The van der Waals surface area contributed by atoms with Crippen LogP contribution in [-0.4, -0.2) is 50.3 Å². The van der Waals surface area contributed by atoms with Crippen LogP contribution in [0.25, 0.3) is 0 Å². The molecule has 0 aliphatic rings. The Morgan fingerprint density at radius 3 is 2.41 bits per heavy atom. The number of carbonyl (C=O) groups excluding carboxylic acids is 2. The fourth-order valence-corrected chi connectivity index (χ4v) is 4.53. The topological polar surface area (TPSA) is 92.8 Å². The molecule has 0 aliphatic carbocycles. The van der Waals surface area contributed by atoms with Crippen LogP contribution in [0.15, 0.2) is 23.1 Å². The smallest absolute Gasteiger partial charge is 0.338 e. The summed E-state index contributed by atoms with van der Waals surface area (Å²) in [5.74, 6) is -1.20. The lowest BCUT2D eigenvalue weighted by atomic mass is 10.2. The average Bonchev–Trinajstić information content (AvgIpc) is 2.60. The molecular formula is C18H27ClN2O5S. The van der Waals surface area contributed by atoms with Crippen LogP contribution >= 0.6 is 11.6 Å². The van der Waals surface area contributed by atoms with E-state index >= 15 is 0 Å². The summed E-state index contributed by atoms with van der Waals surface area (Å²) in [4.78, 5) is 23.8. The second-order valence-corrected chi connectivity index (χ2v) is 8.38. The first kappa shape index (κ1) is 23.4. The van der Waals surface area contributed by atoms with Crippen molar-refractivity contribution in [2.24, 2.45) is 0 Å². The number of nitrogens with one attached hydrogen (secondary N) is 1. The molecule has 0 saturated heterocycles. The van der Waals surface area contributed by atoms with Crippen LogP contribution in [0.3, 0.4) is 0 Å². The largest absolute Gasteiger partial charge is 0.452 e. The van der Waals surface area contributed by atoms with Gasteiger partial charge in [0.1, 0.15) is 4.90 Å². The highest BCUT2D eigenvalue weighted by Crippen LogP contribution is 2.26. The number of sulfonamides is 1. The Kier molecular flexibility index (Phi) is 9.21. The van der Waals surface area contributed by atoms with Crippen molar-refractivity contribution in [1.82, 2.24) is 9.62 Å². The number of nitrogens with zero attached hydrogens (tertiary/aromatic N) is 1. The van der Waals surface area contributed by atoms with Gasteiger partial charge in [0.15, 0.2) is 6.61 Å². The molecule has 7 nitrogen and oxygen atoms in total. The maximum Gasteiger partial charge on any atom is 0.338 e. The molecule has 1 N–H and O–H groups in total. The summed E-state index contributed by atoms with van der Waals surface area (Å²) in [5, 5.41) is 2.74. The summed E-state index contributed by atoms with van der Waals surface area (Å²) in [6.07, 6.45) is 1.75. The standard InChI is InChI=1S/C18H27ClN2O5S/c1-5-8-13(4)20-17(22)12-26-18(23)14-9-10-15(19)16(11-14)27(24,25)21(6-2)7-3/h9-11,13H,5-8,12H2,1-4H3,(H,20,22). The predicted molar refractivity (Wildman–Crippen MR) is 104 cm³/mol. The van der Waals surface area contributed by atoms with Crippen molar-refractivity contribution in [3.63, 3.8) is 0 Å². The minimum atomic E-state index is -3.83. The lowest BCUT2D eigenvalue weighted by Gasteiger charge is -2.19. The third kappa shape index (κ3) is 6.48. The van der Waals surface area contributed by atoms with E-state index in [-0.39, 0.29) is 34.6 Å². The summed E-state index contributed by atoms with van der Waals surface area (Å²) in [5.41, 5.74) is 0.0135. The Bertz CT molecular complexity index is 763. The molecule has 9 heteroatoms. The molecular weight excluding hydrogens is 392 g/mol. The Labute approximate surface area is 166 Å². The third-order valence-electron chi connectivity index (χ3n) is 3.95. The molecule has 1 rings (SSSR count). The van der Waals surface area contributed by atoms with E-state index in [1.807, 2.05) is 13.8 Å².